The summed E-state index contributed by atoms with van der Waals surface area (Å²) in [5.74, 6) is -0.441. The molecule has 0 bridgehead atoms. The average molecular weight is 451 g/mol. The number of anilines is 1. The summed E-state index contributed by atoms with van der Waals surface area (Å²) in [4.78, 5) is 22.9. The zero-order valence-corrected chi connectivity index (χ0v) is 16.6. The fourth-order valence-electron chi connectivity index (χ4n) is 2.53. The van der Waals surface area contributed by atoms with Crippen molar-refractivity contribution in [3.63, 3.8) is 0 Å². The van der Waals surface area contributed by atoms with Crippen LogP contribution in [0, 0.1) is 22.9 Å². The first-order valence-corrected chi connectivity index (χ1v) is 9.02. The third kappa shape index (κ3) is 4.25. The molecule has 2 heterocycles. The fraction of sp³-hybridized carbons (Fsp3) is 0.235. The second kappa shape index (κ2) is 7.89. The van der Waals surface area contributed by atoms with E-state index in [2.05, 4.69) is 31.4 Å². The quantitative estimate of drug-likeness (QED) is 0.456. The number of carbonyl (C=O) groups excluding carboxylic acids is 1. The Balaban J connectivity index is 1.71. The number of benzene rings is 1. The maximum Gasteiger partial charge on any atom is 0.309 e. The minimum atomic E-state index is -0.776. The smallest absolute Gasteiger partial charge is 0.306 e. The number of halogens is 2. The molecule has 9 nitrogen and oxygen atoms in total. The van der Waals surface area contributed by atoms with Crippen LogP contribution in [0.1, 0.15) is 24.2 Å². The summed E-state index contributed by atoms with van der Waals surface area (Å²) in [7, 11) is 0. The molecule has 0 fully saturated rings. The van der Waals surface area contributed by atoms with E-state index >= 15 is 0 Å². The number of carbonyl (C=O) groups is 1. The first kappa shape index (κ1) is 19.7. The number of nitrogens with zero attached hydrogens (tertiary/aromatic N) is 5. The Kier molecular flexibility index (Phi) is 5.54. The molecule has 2 aromatic heterocycles. The molecule has 0 saturated carbocycles. The Morgan fingerprint density at radius 1 is 1.32 bits per heavy atom. The highest BCUT2D eigenvalue weighted by Gasteiger charge is 2.23. The van der Waals surface area contributed by atoms with Gasteiger partial charge in [0, 0.05) is 6.20 Å². The molecule has 0 aliphatic heterocycles. The number of hydrogen-bond donors (Lipinski definition) is 1. The van der Waals surface area contributed by atoms with Gasteiger partial charge in [-0.1, -0.05) is 12.1 Å². The van der Waals surface area contributed by atoms with Gasteiger partial charge >= 0.3 is 5.69 Å². The van der Waals surface area contributed by atoms with Crippen LogP contribution in [0.3, 0.4) is 0 Å². The molecule has 1 unspecified atom stereocenters. The normalized spacial score (nSPS) is 12.0. The molecule has 1 aromatic carbocycles. The number of nitro groups is 1. The number of aryl methyl sites for hydroxylation is 1. The maximum absolute atomic E-state index is 13.0. The number of aromatic nitrogens is 4. The van der Waals surface area contributed by atoms with Crippen molar-refractivity contribution in [3.8, 4) is 0 Å². The molecule has 0 saturated heterocycles. The van der Waals surface area contributed by atoms with Crippen molar-refractivity contribution >= 4 is 33.3 Å². The van der Waals surface area contributed by atoms with Crippen molar-refractivity contribution in [1.82, 2.24) is 19.6 Å². The highest BCUT2D eigenvalue weighted by Crippen LogP contribution is 2.23. The van der Waals surface area contributed by atoms with Crippen molar-refractivity contribution in [2.45, 2.75) is 26.4 Å². The Morgan fingerprint density at radius 3 is 2.61 bits per heavy atom. The third-order valence-electron chi connectivity index (χ3n) is 4.08. The van der Waals surface area contributed by atoms with Crippen molar-refractivity contribution < 1.29 is 14.1 Å². The lowest BCUT2D eigenvalue weighted by molar-refractivity contribution is -0.385. The van der Waals surface area contributed by atoms with Crippen LogP contribution in [0.2, 0.25) is 0 Å². The van der Waals surface area contributed by atoms with Crippen molar-refractivity contribution in [2.24, 2.45) is 0 Å². The van der Waals surface area contributed by atoms with Gasteiger partial charge < -0.3 is 5.32 Å². The molecule has 3 rings (SSSR count). The molecule has 11 heteroatoms. The number of nitrogens with one attached hydrogen (secondary N) is 1. The SMILES string of the molecule is Cc1nn(C(C)C(=O)Nc2nn(Cc3ccc(F)cc3)cc2Br)cc1[N+](=O)[O-]. The average Bonchev–Trinajstić information content (AvgIpc) is 3.19. The van der Waals surface area contributed by atoms with Crippen molar-refractivity contribution in [1.29, 1.82) is 0 Å². The minimum Gasteiger partial charge on any atom is -0.306 e. The summed E-state index contributed by atoms with van der Waals surface area (Å²) in [6.45, 7) is 3.48. The summed E-state index contributed by atoms with van der Waals surface area (Å²) in [5.41, 5.74) is 0.931. The van der Waals surface area contributed by atoms with Gasteiger partial charge in [0.2, 0.25) is 5.91 Å². The van der Waals surface area contributed by atoms with E-state index < -0.39 is 16.9 Å². The largest absolute Gasteiger partial charge is 0.309 e. The predicted octanol–water partition coefficient (Wildman–Crippen LogP) is 3.45. The molecule has 28 heavy (non-hydrogen) atoms. The van der Waals surface area contributed by atoms with E-state index in [9.17, 15) is 19.3 Å². The molecule has 3 aromatic rings. The van der Waals surface area contributed by atoms with Crippen LogP contribution in [0.15, 0.2) is 41.1 Å². The van der Waals surface area contributed by atoms with Gasteiger partial charge in [-0.2, -0.15) is 10.2 Å². The standard InChI is InChI=1S/C17H16BrFN6O3/c1-10-15(25(27)28)9-24(21-10)11(2)17(26)20-16-14(18)8-23(22-16)7-12-3-5-13(19)6-4-12/h3-6,8-9,11H,7H2,1-2H3,(H,20,22,26). The van der Waals surface area contributed by atoms with E-state index in [-0.39, 0.29) is 17.2 Å². The van der Waals surface area contributed by atoms with Crippen LogP contribution in [0.5, 0.6) is 0 Å². The number of rotatable bonds is 6. The molecule has 0 aliphatic rings. The van der Waals surface area contributed by atoms with Gasteiger partial charge in [-0.3, -0.25) is 24.3 Å². The lowest BCUT2D eigenvalue weighted by Gasteiger charge is -2.11. The first-order chi connectivity index (χ1) is 13.2. The number of amides is 1. The number of hydrogen-bond acceptors (Lipinski definition) is 5. The minimum absolute atomic E-state index is 0.149. The molecule has 0 radical (unpaired) electrons. The molecular formula is C17H16BrFN6O3. The van der Waals surface area contributed by atoms with Crippen molar-refractivity contribution in [3.05, 3.63) is 68.3 Å². The highest BCUT2D eigenvalue weighted by molar-refractivity contribution is 9.10. The van der Waals surface area contributed by atoms with Gasteiger partial charge in [0.05, 0.1) is 15.9 Å². The molecule has 1 atom stereocenters. The Hall–Kier alpha value is -3.08. The van der Waals surface area contributed by atoms with Crippen LogP contribution in [0.25, 0.3) is 0 Å². The van der Waals surface area contributed by atoms with Gasteiger partial charge in [-0.25, -0.2) is 4.39 Å². The van der Waals surface area contributed by atoms with E-state index in [0.717, 1.165) is 5.56 Å². The summed E-state index contributed by atoms with van der Waals surface area (Å²) < 4.78 is 16.4. The third-order valence-corrected chi connectivity index (χ3v) is 4.66. The Labute approximate surface area is 167 Å². The zero-order valence-electron chi connectivity index (χ0n) is 15.0. The Bertz CT molecular complexity index is 1030. The van der Waals surface area contributed by atoms with Crippen LogP contribution < -0.4 is 5.32 Å². The van der Waals surface area contributed by atoms with Gasteiger partial charge in [0.25, 0.3) is 0 Å². The van der Waals surface area contributed by atoms with Gasteiger partial charge in [-0.05, 0) is 47.5 Å². The lowest BCUT2D eigenvalue weighted by atomic mass is 10.2. The first-order valence-electron chi connectivity index (χ1n) is 8.23. The zero-order chi connectivity index (χ0) is 20.4. The van der Waals surface area contributed by atoms with Gasteiger partial charge in [0.15, 0.2) is 5.82 Å². The molecule has 0 aliphatic carbocycles. The van der Waals surface area contributed by atoms with E-state index in [1.807, 2.05) is 0 Å². The summed E-state index contributed by atoms with van der Waals surface area (Å²) in [5, 5.41) is 22.0. The van der Waals surface area contributed by atoms with Gasteiger partial charge in [-0.15, -0.1) is 0 Å². The topological polar surface area (TPSA) is 108 Å². The predicted molar refractivity (Wildman–Crippen MR) is 102 cm³/mol. The molecule has 1 N–H and O–H groups in total. The van der Waals surface area contributed by atoms with Crippen LogP contribution in [0.4, 0.5) is 15.9 Å². The second-order valence-corrected chi connectivity index (χ2v) is 7.01. The van der Waals surface area contributed by atoms with E-state index in [1.54, 1.807) is 29.9 Å². The highest BCUT2D eigenvalue weighted by atomic mass is 79.9. The summed E-state index contributed by atoms with van der Waals surface area (Å²) in [6, 6.07) is 5.25. The lowest BCUT2D eigenvalue weighted by Crippen LogP contribution is -2.24. The van der Waals surface area contributed by atoms with E-state index in [0.29, 0.717) is 16.8 Å². The van der Waals surface area contributed by atoms with Gasteiger partial charge in [0.1, 0.15) is 23.7 Å². The van der Waals surface area contributed by atoms with Crippen molar-refractivity contribution in [2.75, 3.05) is 5.32 Å². The summed E-state index contributed by atoms with van der Waals surface area (Å²) >= 11 is 3.34. The van der Waals surface area contributed by atoms with Crippen LogP contribution >= 0.6 is 15.9 Å². The molecule has 0 spiro atoms. The fourth-order valence-corrected chi connectivity index (χ4v) is 2.95. The van der Waals surface area contributed by atoms with Crippen LogP contribution in [-0.4, -0.2) is 30.4 Å². The summed E-state index contributed by atoms with van der Waals surface area (Å²) in [6.07, 6.45) is 2.91. The molecule has 146 valence electrons. The molecular weight excluding hydrogens is 435 g/mol. The Morgan fingerprint density at radius 2 is 2.00 bits per heavy atom. The second-order valence-electron chi connectivity index (χ2n) is 6.15. The maximum atomic E-state index is 13.0. The van der Waals surface area contributed by atoms with E-state index in [4.69, 9.17) is 0 Å². The molecule has 1 amide bonds. The van der Waals surface area contributed by atoms with E-state index in [1.165, 1.54) is 29.9 Å². The monoisotopic (exact) mass is 450 g/mol. The van der Waals surface area contributed by atoms with Crippen LogP contribution in [-0.2, 0) is 11.3 Å².